The summed E-state index contributed by atoms with van der Waals surface area (Å²) in [4.78, 5) is 7.27. The van der Waals surface area contributed by atoms with E-state index in [1.54, 1.807) is 11.3 Å². The van der Waals surface area contributed by atoms with Gasteiger partial charge in [-0.3, -0.25) is 0 Å². The lowest BCUT2D eigenvalue weighted by molar-refractivity contribution is 0.174. The highest BCUT2D eigenvalue weighted by atomic mass is 32.1. The first kappa shape index (κ1) is 15.9. The Hall–Kier alpha value is -1.63. The summed E-state index contributed by atoms with van der Waals surface area (Å²) in [6.45, 7) is 8.10. The Morgan fingerprint density at radius 1 is 1.33 bits per heavy atom. The van der Waals surface area contributed by atoms with Gasteiger partial charge in [-0.1, -0.05) is 6.92 Å². The number of aromatic nitrogens is 1. The van der Waals surface area contributed by atoms with Gasteiger partial charge in [0.05, 0.1) is 5.69 Å². The molecule has 1 aromatic carbocycles. The molecule has 1 N–H and O–H groups in total. The topological polar surface area (TPSA) is 46.6 Å². The van der Waals surface area contributed by atoms with Gasteiger partial charge >= 0.3 is 0 Å². The fraction of sp³-hybridized carbons (Fsp3) is 0.500. The predicted molar refractivity (Wildman–Crippen MR) is 95.6 cm³/mol. The molecule has 5 nitrogen and oxygen atoms in total. The summed E-state index contributed by atoms with van der Waals surface area (Å²) >= 11 is 1.68. The normalized spacial score (nSPS) is 20.0. The number of nitrogens with zero attached hydrogens (tertiary/aromatic N) is 2. The Morgan fingerprint density at radius 3 is 3.12 bits per heavy atom. The lowest BCUT2D eigenvalue weighted by Gasteiger charge is -2.13. The van der Waals surface area contributed by atoms with Crippen LogP contribution in [0.5, 0.6) is 11.5 Å². The Kier molecular flexibility index (Phi) is 4.69. The standard InChI is InChI=1S/C18H23N3O2S/c1-2-21-6-5-13(10-21)8-19-9-15-11-24-18(20-15)14-3-4-16-17(7-14)23-12-22-16/h3-4,7,11,13,19H,2,5-6,8-10,12H2,1H3. The SMILES string of the molecule is CCN1CCC(CNCc2csc(-c3ccc4c(c3)OCO4)n2)C1. The zero-order valence-corrected chi connectivity index (χ0v) is 14.8. The molecule has 0 radical (unpaired) electrons. The highest BCUT2D eigenvalue weighted by Gasteiger charge is 2.20. The van der Waals surface area contributed by atoms with Crippen LogP contribution < -0.4 is 14.8 Å². The Balaban J connectivity index is 1.32. The van der Waals surface area contributed by atoms with Gasteiger partial charge in [-0.15, -0.1) is 11.3 Å². The smallest absolute Gasteiger partial charge is 0.231 e. The predicted octanol–water partition coefficient (Wildman–Crippen LogP) is 2.97. The van der Waals surface area contributed by atoms with Gasteiger partial charge in [0, 0.05) is 24.0 Å². The maximum Gasteiger partial charge on any atom is 0.231 e. The molecule has 0 bridgehead atoms. The van der Waals surface area contributed by atoms with E-state index in [4.69, 9.17) is 14.5 Å². The van der Waals surface area contributed by atoms with Crippen LogP contribution in [0.25, 0.3) is 10.6 Å². The van der Waals surface area contributed by atoms with E-state index in [1.807, 2.05) is 18.2 Å². The average Bonchev–Trinajstić information content (AvgIpc) is 3.34. The summed E-state index contributed by atoms with van der Waals surface area (Å²) < 4.78 is 10.8. The van der Waals surface area contributed by atoms with Crippen LogP contribution in [-0.4, -0.2) is 42.9 Å². The molecule has 2 aliphatic rings. The van der Waals surface area contributed by atoms with E-state index < -0.39 is 0 Å². The van der Waals surface area contributed by atoms with Crippen molar-refractivity contribution in [3.05, 3.63) is 29.3 Å². The maximum atomic E-state index is 5.45. The van der Waals surface area contributed by atoms with E-state index in [0.717, 1.165) is 46.8 Å². The van der Waals surface area contributed by atoms with Crippen LogP contribution in [0.2, 0.25) is 0 Å². The van der Waals surface area contributed by atoms with Gasteiger partial charge in [0.15, 0.2) is 11.5 Å². The van der Waals surface area contributed by atoms with Gasteiger partial charge in [-0.2, -0.15) is 0 Å². The maximum absolute atomic E-state index is 5.45. The third kappa shape index (κ3) is 3.41. The van der Waals surface area contributed by atoms with Crippen LogP contribution >= 0.6 is 11.3 Å². The highest BCUT2D eigenvalue weighted by molar-refractivity contribution is 7.13. The van der Waals surface area contributed by atoms with Crippen molar-refractivity contribution in [1.29, 1.82) is 0 Å². The number of hydrogen-bond acceptors (Lipinski definition) is 6. The zero-order chi connectivity index (χ0) is 16.4. The van der Waals surface area contributed by atoms with E-state index in [0.29, 0.717) is 6.79 Å². The molecule has 0 amide bonds. The van der Waals surface area contributed by atoms with Crippen molar-refractivity contribution in [2.45, 2.75) is 19.9 Å². The van der Waals surface area contributed by atoms with Crippen LogP contribution in [0, 0.1) is 5.92 Å². The zero-order valence-electron chi connectivity index (χ0n) is 14.0. The summed E-state index contributed by atoms with van der Waals surface area (Å²) in [5.41, 5.74) is 2.20. The minimum atomic E-state index is 0.308. The number of thiazole rings is 1. The number of nitrogens with one attached hydrogen (secondary N) is 1. The van der Waals surface area contributed by atoms with Gasteiger partial charge in [0.1, 0.15) is 5.01 Å². The molecule has 4 rings (SSSR count). The van der Waals surface area contributed by atoms with Crippen molar-refractivity contribution in [3.8, 4) is 22.1 Å². The first-order valence-corrected chi connectivity index (χ1v) is 9.47. The summed E-state index contributed by atoms with van der Waals surface area (Å²) in [5.74, 6) is 2.40. The lowest BCUT2D eigenvalue weighted by Crippen LogP contribution is -2.26. The summed E-state index contributed by atoms with van der Waals surface area (Å²) in [6.07, 6.45) is 1.31. The van der Waals surface area contributed by atoms with E-state index in [-0.39, 0.29) is 0 Å². The van der Waals surface area contributed by atoms with Crippen molar-refractivity contribution in [2.24, 2.45) is 5.92 Å². The first-order valence-electron chi connectivity index (χ1n) is 8.59. The molecule has 2 aliphatic heterocycles. The number of likely N-dealkylation sites (tertiary alicyclic amines) is 1. The van der Waals surface area contributed by atoms with E-state index in [1.165, 1.54) is 26.1 Å². The Bertz CT molecular complexity index is 703. The molecule has 6 heteroatoms. The third-order valence-corrected chi connectivity index (χ3v) is 5.67. The average molecular weight is 345 g/mol. The van der Waals surface area contributed by atoms with Crippen LogP contribution in [0.3, 0.4) is 0 Å². The van der Waals surface area contributed by atoms with Gasteiger partial charge in [0.25, 0.3) is 0 Å². The molecule has 1 unspecified atom stereocenters. The lowest BCUT2D eigenvalue weighted by atomic mass is 10.1. The van der Waals surface area contributed by atoms with E-state index >= 15 is 0 Å². The summed E-state index contributed by atoms with van der Waals surface area (Å²) in [7, 11) is 0. The first-order chi connectivity index (χ1) is 11.8. The Morgan fingerprint density at radius 2 is 2.25 bits per heavy atom. The molecular weight excluding hydrogens is 322 g/mol. The molecule has 1 atom stereocenters. The van der Waals surface area contributed by atoms with Crippen molar-refractivity contribution >= 4 is 11.3 Å². The molecule has 128 valence electrons. The van der Waals surface area contributed by atoms with Crippen LogP contribution in [0.4, 0.5) is 0 Å². The minimum absolute atomic E-state index is 0.308. The van der Waals surface area contributed by atoms with Crippen molar-refractivity contribution in [2.75, 3.05) is 33.0 Å². The number of benzene rings is 1. The third-order valence-electron chi connectivity index (χ3n) is 4.73. The second kappa shape index (κ2) is 7.09. The second-order valence-corrected chi connectivity index (χ2v) is 7.25. The number of hydrogen-bond donors (Lipinski definition) is 1. The number of ether oxygens (including phenoxy) is 2. The van der Waals surface area contributed by atoms with Crippen LogP contribution in [0.1, 0.15) is 19.0 Å². The van der Waals surface area contributed by atoms with E-state index in [9.17, 15) is 0 Å². The quantitative estimate of drug-likeness (QED) is 0.872. The van der Waals surface area contributed by atoms with E-state index in [2.05, 4.69) is 22.5 Å². The van der Waals surface area contributed by atoms with Gasteiger partial charge < -0.3 is 19.7 Å². The summed E-state index contributed by atoms with van der Waals surface area (Å²) in [5, 5.41) is 6.74. The molecule has 0 saturated carbocycles. The van der Waals surface area contributed by atoms with Crippen LogP contribution in [-0.2, 0) is 6.54 Å². The largest absolute Gasteiger partial charge is 0.454 e. The number of fused-ring (bicyclic) bond motifs is 1. The molecule has 24 heavy (non-hydrogen) atoms. The second-order valence-electron chi connectivity index (χ2n) is 6.39. The molecule has 1 saturated heterocycles. The molecule has 2 aromatic rings. The Labute approximate surface area is 146 Å². The molecule has 1 aromatic heterocycles. The number of rotatable bonds is 6. The molecule has 0 aliphatic carbocycles. The van der Waals surface area contributed by atoms with Gasteiger partial charge in [0.2, 0.25) is 6.79 Å². The fourth-order valence-corrected chi connectivity index (χ4v) is 4.14. The molecular formula is C18H23N3O2S. The van der Waals surface area contributed by atoms with Crippen LogP contribution in [0.15, 0.2) is 23.6 Å². The fourth-order valence-electron chi connectivity index (χ4n) is 3.32. The molecule has 3 heterocycles. The molecule has 1 fully saturated rings. The summed E-state index contributed by atoms with van der Waals surface area (Å²) in [6, 6.07) is 6.01. The van der Waals surface area contributed by atoms with Crippen molar-refractivity contribution in [3.63, 3.8) is 0 Å². The highest BCUT2D eigenvalue weighted by Crippen LogP contribution is 2.36. The molecule has 0 spiro atoms. The minimum Gasteiger partial charge on any atom is -0.454 e. The van der Waals surface area contributed by atoms with Crippen molar-refractivity contribution in [1.82, 2.24) is 15.2 Å². The monoisotopic (exact) mass is 345 g/mol. The van der Waals surface area contributed by atoms with Gasteiger partial charge in [-0.25, -0.2) is 4.98 Å². The van der Waals surface area contributed by atoms with Gasteiger partial charge in [-0.05, 0) is 50.2 Å². The van der Waals surface area contributed by atoms with Crippen molar-refractivity contribution < 1.29 is 9.47 Å².